The molecule has 0 bridgehead atoms. The molecule has 0 heterocycles. The zero-order valence-corrected chi connectivity index (χ0v) is 20.7. The number of amides is 1. The lowest BCUT2D eigenvalue weighted by atomic mass is 10.2. The Labute approximate surface area is 205 Å². The number of sulfonamides is 1. The molecule has 10 heteroatoms. The molecule has 0 radical (unpaired) electrons. The van der Waals surface area contributed by atoms with E-state index >= 15 is 0 Å². The Hall–Kier alpha value is -3.92. The molecule has 3 aromatic rings. The van der Waals surface area contributed by atoms with Crippen molar-refractivity contribution < 1.29 is 32.2 Å². The van der Waals surface area contributed by atoms with E-state index in [1.807, 2.05) is 6.92 Å². The number of anilines is 2. The number of carbonyl (C=O) groups excluding carboxylic acids is 1. The third-order valence-corrected chi connectivity index (χ3v) is 6.47. The Morgan fingerprint density at radius 1 is 0.829 bits per heavy atom. The topological polar surface area (TPSA) is 112 Å². The maximum Gasteiger partial charge on any atom is 0.265 e. The van der Waals surface area contributed by atoms with Crippen molar-refractivity contribution in [3.8, 4) is 23.0 Å². The van der Waals surface area contributed by atoms with Gasteiger partial charge in [0.1, 0.15) is 23.0 Å². The first-order chi connectivity index (χ1) is 16.8. The molecule has 3 rings (SSSR count). The van der Waals surface area contributed by atoms with Gasteiger partial charge in [-0.15, -0.1) is 0 Å². The summed E-state index contributed by atoms with van der Waals surface area (Å²) in [7, 11) is 0.617. The zero-order valence-electron chi connectivity index (χ0n) is 19.9. The second-order valence-corrected chi connectivity index (χ2v) is 9.06. The van der Waals surface area contributed by atoms with Crippen LogP contribution < -0.4 is 29.0 Å². The third-order valence-electron chi connectivity index (χ3n) is 5.09. The van der Waals surface area contributed by atoms with Gasteiger partial charge in [0.05, 0.1) is 31.9 Å². The van der Waals surface area contributed by atoms with Crippen LogP contribution in [0.15, 0.2) is 71.6 Å². The lowest BCUT2D eigenvalue weighted by molar-refractivity contribution is -0.122. The predicted molar refractivity (Wildman–Crippen MR) is 133 cm³/mol. The van der Waals surface area contributed by atoms with E-state index in [4.69, 9.17) is 18.9 Å². The quantitative estimate of drug-likeness (QED) is 0.403. The fraction of sp³-hybridized carbons (Fsp3) is 0.240. The van der Waals surface area contributed by atoms with Gasteiger partial charge in [-0.1, -0.05) is 6.92 Å². The van der Waals surface area contributed by atoms with Gasteiger partial charge in [-0.3, -0.25) is 9.52 Å². The highest BCUT2D eigenvalue weighted by molar-refractivity contribution is 7.92. The summed E-state index contributed by atoms with van der Waals surface area (Å²) < 4.78 is 49.5. The van der Waals surface area contributed by atoms with Crippen LogP contribution >= 0.6 is 0 Å². The van der Waals surface area contributed by atoms with E-state index in [1.165, 1.54) is 38.5 Å². The second kappa shape index (κ2) is 11.5. The van der Waals surface area contributed by atoms with Crippen molar-refractivity contribution in [2.24, 2.45) is 0 Å². The number of ether oxygens (including phenoxy) is 4. The molecular formula is C25H28N2O7S. The molecule has 0 aliphatic rings. The fourth-order valence-electron chi connectivity index (χ4n) is 3.17. The van der Waals surface area contributed by atoms with Crippen LogP contribution in [0.2, 0.25) is 0 Å². The fourth-order valence-corrected chi connectivity index (χ4v) is 4.24. The van der Waals surface area contributed by atoms with Crippen LogP contribution in [0, 0.1) is 0 Å². The molecule has 3 aromatic carbocycles. The van der Waals surface area contributed by atoms with Gasteiger partial charge >= 0.3 is 0 Å². The third kappa shape index (κ3) is 6.57. The average Bonchev–Trinajstić information content (AvgIpc) is 2.87. The first kappa shape index (κ1) is 25.7. The number of hydrogen-bond acceptors (Lipinski definition) is 7. The summed E-state index contributed by atoms with van der Waals surface area (Å²) in [4.78, 5) is 12.7. The lowest BCUT2D eigenvalue weighted by Gasteiger charge is -2.18. The van der Waals surface area contributed by atoms with Crippen LogP contribution in [0.1, 0.15) is 13.3 Å². The Balaban J connectivity index is 1.67. The van der Waals surface area contributed by atoms with Crippen molar-refractivity contribution >= 4 is 27.3 Å². The molecule has 0 spiro atoms. The highest BCUT2D eigenvalue weighted by atomic mass is 32.2. The SMILES string of the molecule is CCC(Oc1ccc(OC)cc1)C(=O)Nc1ccc(S(=O)(=O)Nc2ccc(OC)cc2OC)cc1. The standard InChI is InChI=1S/C25H28N2O7S/c1-5-23(34-19-10-8-18(31-2)9-11-19)25(28)26-17-6-13-21(14-7-17)35(29,30)27-22-15-12-20(32-3)16-24(22)33-4/h6-16,23,27H,5H2,1-4H3,(H,26,28). The Kier molecular flexibility index (Phi) is 8.43. The summed E-state index contributed by atoms with van der Waals surface area (Å²) in [5, 5.41) is 2.76. The van der Waals surface area contributed by atoms with Crippen LogP contribution in [-0.2, 0) is 14.8 Å². The minimum Gasteiger partial charge on any atom is -0.497 e. The molecule has 35 heavy (non-hydrogen) atoms. The molecule has 1 atom stereocenters. The van der Waals surface area contributed by atoms with Gasteiger partial charge in [-0.25, -0.2) is 8.42 Å². The van der Waals surface area contributed by atoms with Crippen molar-refractivity contribution in [2.75, 3.05) is 31.4 Å². The van der Waals surface area contributed by atoms with E-state index in [1.54, 1.807) is 49.6 Å². The minimum atomic E-state index is -3.90. The second-order valence-electron chi connectivity index (χ2n) is 7.38. The van der Waals surface area contributed by atoms with Crippen LogP contribution in [-0.4, -0.2) is 41.8 Å². The first-order valence-electron chi connectivity index (χ1n) is 10.8. The molecule has 0 saturated heterocycles. The average molecular weight is 501 g/mol. The molecule has 0 aliphatic heterocycles. The Morgan fingerprint density at radius 2 is 1.43 bits per heavy atom. The van der Waals surface area contributed by atoms with Crippen LogP contribution in [0.25, 0.3) is 0 Å². The van der Waals surface area contributed by atoms with Gasteiger partial charge < -0.3 is 24.3 Å². The molecule has 0 fully saturated rings. The van der Waals surface area contributed by atoms with E-state index < -0.39 is 16.1 Å². The summed E-state index contributed by atoms with van der Waals surface area (Å²) in [6.07, 6.45) is -0.284. The Bertz CT molecular complexity index is 1240. The molecular weight excluding hydrogens is 472 g/mol. The van der Waals surface area contributed by atoms with Gasteiger partial charge in [0, 0.05) is 11.8 Å². The van der Waals surface area contributed by atoms with Crippen molar-refractivity contribution in [2.45, 2.75) is 24.3 Å². The number of benzene rings is 3. The molecule has 2 N–H and O–H groups in total. The van der Waals surface area contributed by atoms with E-state index in [2.05, 4.69) is 10.0 Å². The van der Waals surface area contributed by atoms with Gasteiger partial charge in [-0.05, 0) is 67.1 Å². The Morgan fingerprint density at radius 3 is 2.00 bits per heavy atom. The zero-order chi connectivity index (χ0) is 25.4. The number of carbonyl (C=O) groups is 1. The number of hydrogen-bond donors (Lipinski definition) is 2. The molecule has 0 aliphatic carbocycles. The molecule has 0 saturated carbocycles. The van der Waals surface area contributed by atoms with Gasteiger partial charge in [0.2, 0.25) is 0 Å². The van der Waals surface area contributed by atoms with E-state index in [0.29, 0.717) is 35.1 Å². The largest absolute Gasteiger partial charge is 0.497 e. The van der Waals surface area contributed by atoms with Crippen molar-refractivity contribution in [3.05, 3.63) is 66.7 Å². The number of rotatable bonds is 11. The highest BCUT2D eigenvalue weighted by Crippen LogP contribution is 2.31. The van der Waals surface area contributed by atoms with E-state index in [0.717, 1.165) is 0 Å². The number of nitrogens with one attached hydrogen (secondary N) is 2. The maximum atomic E-state index is 12.8. The molecule has 0 aromatic heterocycles. The lowest BCUT2D eigenvalue weighted by Crippen LogP contribution is -2.32. The van der Waals surface area contributed by atoms with Gasteiger partial charge in [-0.2, -0.15) is 0 Å². The smallest absolute Gasteiger partial charge is 0.265 e. The monoisotopic (exact) mass is 500 g/mol. The van der Waals surface area contributed by atoms with Crippen molar-refractivity contribution in [1.29, 1.82) is 0 Å². The normalized spacial score (nSPS) is 11.8. The number of methoxy groups -OCH3 is 3. The van der Waals surface area contributed by atoms with Crippen LogP contribution in [0.3, 0.4) is 0 Å². The molecule has 1 unspecified atom stereocenters. The van der Waals surface area contributed by atoms with Crippen molar-refractivity contribution in [3.63, 3.8) is 0 Å². The summed E-state index contributed by atoms with van der Waals surface area (Å²) in [6.45, 7) is 1.84. The van der Waals surface area contributed by atoms with Crippen LogP contribution in [0.5, 0.6) is 23.0 Å². The molecule has 186 valence electrons. The van der Waals surface area contributed by atoms with Gasteiger partial charge in [0.25, 0.3) is 15.9 Å². The summed E-state index contributed by atoms with van der Waals surface area (Å²) in [6, 6.07) is 17.5. The molecule has 9 nitrogen and oxygen atoms in total. The predicted octanol–water partition coefficient (Wildman–Crippen LogP) is 4.31. The first-order valence-corrected chi connectivity index (χ1v) is 12.2. The summed E-state index contributed by atoms with van der Waals surface area (Å²) in [5.41, 5.74) is 0.708. The highest BCUT2D eigenvalue weighted by Gasteiger charge is 2.20. The maximum absolute atomic E-state index is 12.8. The summed E-state index contributed by atoms with van der Waals surface area (Å²) in [5.74, 6) is 1.73. The molecule has 1 amide bonds. The van der Waals surface area contributed by atoms with Crippen LogP contribution in [0.4, 0.5) is 11.4 Å². The van der Waals surface area contributed by atoms with E-state index in [-0.39, 0.29) is 16.5 Å². The summed E-state index contributed by atoms with van der Waals surface area (Å²) >= 11 is 0. The minimum absolute atomic E-state index is 0.0231. The van der Waals surface area contributed by atoms with Gasteiger partial charge in [0.15, 0.2) is 6.10 Å². The van der Waals surface area contributed by atoms with Crippen molar-refractivity contribution in [1.82, 2.24) is 0 Å². The van der Waals surface area contributed by atoms with E-state index in [9.17, 15) is 13.2 Å².